The third-order valence-corrected chi connectivity index (χ3v) is 6.12. The van der Waals surface area contributed by atoms with Crippen molar-refractivity contribution in [3.05, 3.63) is 28.8 Å². The fraction of sp³-hybridized carbons (Fsp3) is 0.619. The van der Waals surface area contributed by atoms with E-state index in [-0.39, 0.29) is 12.1 Å². The molecule has 0 saturated carbocycles. The molecule has 1 N–H and O–H groups in total. The lowest BCUT2D eigenvalue weighted by Gasteiger charge is -2.39. The van der Waals surface area contributed by atoms with Crippen molar-refractivity contribution < 1.29 is 19.3 Å². The van der Waals surface area contributed by atoms with Gasteiger partial charge >= 0.3 is 0 Å². The summed E-state index contributed by atoms with van der Waals surface area (Å²) in [6, 6.07) is 3.34. The van der Waals surface area contributed by atoms with E-state index in [1.807, 2.05) is 0 Å². The van der Waals surface area contributed by atoms with Crippen LogP contribution in [0.4, 0.5) is 0 Å². The Morgan fingerprint density at radius 2 is 1.97 bits per heavy atom. The topological polar surface area (TPSA) is 86.0 Å². The van der Waals surface area contributed by atoms with Gasteiger partial charge in [0.25, 0.3) is 5.56 Å². The molecule has 2 aliphatic heterocycles. The van der Waals surface area contributed by atoms with E-state index < -0.39 is 5.60 Å². The summed E-state index contributed by atoms with van der Waals surface area (Å²) < 4.78 is 17.6. The molecule has 158 valence electrons. The average molecular weight is 403 g/mol. The summed E-state index contributed by atoms with van der Waals surface area (Å²) in [6.07, 6.45) is 3.90. The van der Waals surface area contributed by atoms with Gasteiger partial charge in [-0.15, -0.1) is 0 Å². The number of likely N-dealkylation sites (tertiary alicyclic amines) is 1. The lowest BCUT2D eigenvalue weighted by Crippen LogP contribution is -2.49. The molecule has 4 rings (SSSR count). The molecule has 0 spiro atoms. The molecule has 1 aromatic heterocycles. The maximum atomic E-state index is 13.0. The van der Waals surface area contributed by atoms with Crippen LogP contribution in [0, 0.1) is 5.92 Å². The van der Waals surface area contributed by atoms with Crippen LogP contribution in [0.3, 0.4) is 0 Å². The van der Waals surface area contributed by atoms with Crippen LogP contribution in [0.15, 0.2) is 23.3 Å². The van der Waals surface area contributed by atoms with Gasteiger partial charge in [-0.3, -0.25) is 9.36 Å². The van der Waals surface area contributed by atoms with Gasteiger partial charge in [0.05, 0.1) is 50.2 Å². The zero-order chi connectivity index (χ0) is 20.4. The monoisotopic (exact) mass is 403 g/mol. The van der Waals surface area contributed by atoms with E-state index >= 15 is 0 Å². The zero-order valence-electron chi connectivity index (χ0n) is 17.1. The van der Waals surface area contributed by atoms with Crippen molar-refractivity contribution in [1.29, 1.82) is 0 Å². The first kappa shape index (κ1) is 20.1. The standard InChI is InChI=1S/C21H29N3O5/c1-27-18-9-16-17(10-19(18)28-2)22-14-24(20(16)25)13-21(26)4-6-23(7-5-21)11-15-3-8-29-12-15/h9-10,14-15,26H,3-8,11-13H2,1-2H3/t15-/m0/s1. The Bertz CT molecular complexity index is 914. The summed E-state index contributed by atoms with van der Waals surface area (Å²) in [5, 5.41) is 11.6. The number of methoxy groups -OCH3 is 2. The fourth-order valence-corrected chi connectivity index (χ4v) is 4.32. The number of ether oxygens (including phenoxy) is 3. The van der Waals surface area contributed by atoms with Gasteiger partial charge in [0.2, 0.25) is 0 Å². The van der Waals surface area contributed by atoms with Crippen LogP contribution in [0.5, 0.6) is 11.5 Å². The van der Waals surface area contributed by atoms with Crippen LogP contribution in [-0.2, 0) is 11.3 Å². The SMILES string of the molecule is COc1cc2ncn(CC3(O)CCN(C[C@@H]4CCOC4)CC3)c(=O)c2cc1OC. The van der Waals surface area contributed by atoms with Gasteiger partial charge in [0.1, 0.15) is 0 Å². The van der Waals surface area contributed by atoms with Crippen molar-refractivity contribution in [3.63, 3.8) is 0 Å². The molecule has 1 atom stereocenters. The summed E-state index contributed by atoms with van der Waals surface area (Å²) in [4.78, 5) is 19.8. The highest BCUT2D eigenvalue weighted by Crippen LogP contribution is 2.30. The van der Waals surface area contributed by atoms with Crippen LogP contribution in [0.2, 0.25) is 0 Å². The van der Waals surface area contributed by atoms with Gasteiger partial charge in [-0.1, -0.05) is 0 Å². The van der Waals surface area contributed by atoms with Crippen molar-refractivity contribution in [3.8, 4) is 11.5 Å². The molecule has 29 heavy (non-hydrogen) atoms. The molecule has 0 aliphatic carbocycles. The highest BCUT2D eigenvalue weighted by molar-refractivity contribution is 5.81. The summed E-state index contributed by atoms with van der Waals surface area (Å²) in [7, 11) is 3.08. The molecule has 2 aromatic rings. The lowest BCUT2D eigenvalue weighted by molar-refractivity contribution is -0.0374. The maximum absolute atomic E-state index is 13.0. The van der Waals surface area contributed by atoms with E-state index in [0.717, 1.165) is 39.3 Å². The van der Waals surface area contributed by atoms with Crippen LogP contribution in [-0.4, -0.2) is 72.2 Å². The first-order valence-corrected chi connectivity index (χ1v) is 10.1. The molecular weight excluding hydrogens is 374 g/mol. The number of piperidine rings is 1. The Morgan fingerprint density at radius 1 is 1.24 bits per heavy atom. The van der Waals surface area contributed by atoms with E-state index in [2.05, 4.69) is 9.88 Å². The van der Waals surface area contributed by atoms with Gasteiger partial charge in [-0.2, -0.15) is 0 Å². The molecule has 0 unspecified atom stereocenters. The molecule has 2 fully saturated rings. The molecule has 2 aliphatic rings. The predicted octanol–water partition coefficient (Wildman–Crippen LogP) is 1.28. The van der Waals surface area contributed by atoms with E-state index in [0.29, 0.717) is 41.2 Å². The van der Waals surface area contributed by atoms with Gasteiger partial charge in [0, 0.05) is 32.3 Å². The van der Waals surface area contributed by atoms with Crippen molar-refractivity contribution in [2.75, 3.05) is 47.1 Å². The molecule has 0 amide bonds. The largest absolute Gasteiger partial charge is 0.493 e. The maximum Gasteiger partial charge on any atom is 0.261 e. The van der Waals surface area contributed by atoms with Gasteiger partial charge in [0.15, 0.2) is 11.5 Å². The predicted molar refractivity (Wildman–Crippen MR) is 109 cm³/mol. The number of benzene rings is 1. The van der Waals surface area contributed by atoms with Gasteiger partial charge < -0.3 is 24.2 Å². The Kier molecular flexibility index (Phi) is 5.76. The second-order valence-electron chi connectivity index (χ2n) is 8.16. The normalized spacial score (nSPS) is 22.1. The highest BCUT2D eigenvalue weighted by atomic mass is 16.5. The number of rotatable bonds is 6. The summed E-state index contributed by atoms with van der Waals surface area (Å²) in [5.74, 6) is 1.61. The van der Waals surface area contributed by atoms with Gasteiger partial charge in [-0.05, 0) is 31.2 Å². The second-order valence-corrected chi connectivity index (χ2v) is 8.16. The molecular formula is C21H29N3O5. The van der Waals surface area contributed by atoms with Gasteiger partial charge in [-0.25, -0.2) is 4.98 Å². The van der Waals surface area contributed by atoms with Crippen LogP contribution in [0.1, 0.15) is 19.3 Å². The third-order valence-electron chi connectivity index (χ3n) is 6.12. The average Bonchev–Trinajstić information content (AvgIpc) is 3.24. The van der Waals surface area contributed by atoms with Crippen molar-refractivity contribution in [1.82, 2.24) is 14.5 Å². The number of aromatic nitrogens is 2. The first-order chi connectivity index (χ1) is 14.0. The first-order valence-electron chi connectivity index (χ1n) is 10.1. The Hall–Kier alpha value is -2.16. The minimum Gasteiger partial charge on any atom is -0.493 e. The molecule has 0 bridgehead atoms. The quantitative estimate of drug-likeness (QED) is 0.777. The van der Waals surface area contributed by atoms with Crippen molar-refractivity contribution in [2.45, 2.75) is 31.4 Å². The Morgan fingerprint density at radius 3 is 2.62 bits per heavy atom. The smallest absolute Gasteiger partial charge is 0.261 e. The Labute approximate surface area is 170 Å². The van der Waals surface area contributed by atoms with Crippen LogP contribution < -0.4 is 15.0 Å². The molecule has 8 heteroatoms. The van der Waals surface area contributed by atoms with E-state index in [1.54, 1.807) is 19.2 Å². The minimum atomic E-state index is -0.904. The minimum absolute atomic E-state index is 0.185. The van der Waals surface area contributed by atoms with Crippen molar-refractivity contribution >= 4 is 10.9 Å². The third kappa shape index (κ3) is 4.24. The Balaban J connectivity index is 1.48. The number of hydrogen-bond acceptors (Lipinski definition) is 7. The molecule has 1 aromatic carbocycles. The molecule has 8 nitrogen and oxygen atoms in total. The highest BCUT2D eigenvalue weighted by Gasteiger charge is 2.34. The molecule has 2 saturated heterocycles. The number of nitrogens with zero attached hydrogens (tertiary/aromatic N) is 3. The number of aliphatic hydroxyl groups is 1. The summed E-state index contributed by atoms with van der Waals surface area (Å²) in [6.45, 7) is 4.62. The van der Waals surface area contributed by atoms with E-state index in [4.69, 9.17) is 14.2 Å². The fourth-order valence-electron chi connectivity index (χ4n) is 4.32. The molecule has 3 heterocycles. The van der Waals surface area contributed by atoms with E-state index in [9.17, 15) is 9.90 Å². The van der Waals surface area contributed by atoms with Crippen molar-refractivity contribution in [2.24, 2.45) is 5.92 Å². The zero-order valence-corrected chi connectivity index (χ0v) is 17.1. The number of fused-ring (bicyclic) bond motifs is 1. The van der Waals surface area contributed by atoms with Crippen LogP contribution >= 0.6 is 0 Å². The number of hydrogen-bond donors (Lipinski definition) is 1. The second kappa shape index (κ2) is 8.30. The van der Waals surface area contributed by atoms with E-state index in [1.165, 1.54) is 18.0 Å². The lowest BCUT2D eigenvalue weighted by atomic mass is 9.90. The van der Waals surface area contributed by atoms with Crippen LogP contribution in [0.25, 0.3) is 10.9 Å². The summed E-state index contributed by atoms with van der Waals surface area (Å²) in [5.41, 5.74) is -0.544. The molecule has 0 radical (unpaired) electrons. The summed E-state index contributed by atoms with van der Waals surface area (Å²) >= 11 is 0.